The first-order valence-electron chi connectivity index (χ1n) is 6.67. The van der Waals surface area contributed by atoms with Gasteiger partial charge >= 0.3 is 0 Å². The van der Waals surface area contributed by atoms with Crippen molar-refractivity contribution in [2.45, 2.75) is 19.6 Å². The third kappa shape index (κ3) is 5.01. The Morgan fingerprint density at radius 1 is 1.43 bits per heavy atom. The summed E-state index contributed by atoms with van der Waals surface area (Å²) >= 11 is 11.9. The molecule has 0 bridgehead atoms. The molecular weight excluding hydrogens is 335 g/mol. The number of amides is 1. The summed E-state index contributed by atoms with van der Waals surface area (Å²) in [5.41, 5.74) is 0.957. The fourth-order valence-corrected chi connectivity index (χ4v) is 2.45. The highest BCUT2D eigenvalue weighted by atomic mass is 35.5. The molecule has 7 heteroatoms. The quantitative estimate of drug-likeness (QED) is 0.905. The summed E-state index contributed by atoms with van der Waals surface area (Å²) < 4.78 is 5.50. The zero-order valence-electron chi connectivity index (χ0n) is 11.8. The molecule has 1 N–H and O–H groups in total. The van der Waals surface area contributed by atoms with E-state index >= 15 is 0 Å². The average Bonchev–Trinajstić information content (AvgIpc) is 2.48. The molecule has 1 unspecified atom stereocenters. The lowest BCUT2D eigenvalue weighted by atomic mass is 10.2. The first-order valence-corrected chi connectivity index (χ1v) is 7.42. The molecule has 4 nitrogen and oxygen atoms in total. The first kappa shape index (κ1) is 18.5. The van der Waals surface area contributed by atoms with Crippen molar-refractivity contribution in [1.29, 1.82) is 0 Å². The summed E-state index contributed by atoms with van der Waals surface area (Å²) in [4.78, 5) is 14.1. The van der Waals surface area contributed by atoms with Crippen molar-refractivity contribution in [2.24, 2.45) is 0 Å². The summed E-state index contributed by atoms with van der Waals surface area (Å²) in [6.45, 7) is 5.01. The van der Waals surface area contributed by atoms with Gasteiger partial charge in [-0.05, 0) is 24.6 Å². The fraction of sp³-hybridized carbons (Fsp3) is 0.500. The van der Waals surface area contributed by atoms with Gasteiger partial charge in [0, 0.05) is 26.2 Å². The van der Waals surface area contributed by atoms with Gasteiger partial charge in [0.15, 0.2) is 0 Å². The Balaban J connectivity index is 0.00000220. The SMILES string of the molecule is CCN(Cc1ccc(Cl)c(Cl)c1)C(=O)C1CNCCO1.Cl. The predicted octanol–water partition coefficient (Wildman–Crippen LogP) is 2.75. The van der Waals surface area contributed by atoms with E-state index in [1.54, 1.807) is 17.0 Å². The number of carbonyl (C=O) groups excluding carboxylic acids is 1. The van der Waals surface area contributed by atoms with Crippen LogP contribution in [-0.2, 0) is 16.1 Å². The van der Waals surface area contributed by atoms with Gasteiger partial charge in [-0.25, -0.2) is 0 Å². The molecule has 1 amide bonds. The predicted molar refractivity (Wildman–Crippen MR) is 87.4 cm³/mol. The second-order valence-electron chi connectivity index (χ2n) is 4.66. The topological polar surface area (TPSA) is 41.6 Å². The van der Waals surface area contributed by atoms with Gasteiger partial charge in [-0.3, -0.25) is 4.79 Å². The monoisotopic (exact) mass is 352 g/mol. The third-order valence-corrected chi connectivity index (χ3v) is 3.99. The van der Waals surface area contributed by atoms with E-state index in [1.165, 1.54) is 0 Å². The third-order valence-electron chi connectivity index (χ3n) is 3.25. The van der Waals surface area contributed by atoms with E-state index in [0.29, 0.717) is 36.3 Å². The number of nitrogens with zero attached hydrogens (tertiary/aromatic N) is 1. The normalized spacial score (nSPS) is 18.0. The molecule has 1 aliphatic heterocycles. The molecule has 0 aliphatic carbocycles. The average molecular weight is 354 g/mol. The van der Waals surface area contributed by atoms with Crippen LogP contribution in [0.25, 0.3) is 0 Å². The second kappa shape index (κ2) is 8.81. The molecule has 0 aromatic heterocycles. The van der Waals surface area contributed by atoms with Gasteiger partial charge in [0.2, 0.25) is 0 Å². The number of ether oxygens (including phenoxy) is 1. The molecule has 1 atom stereocenters. The van der Waals surface area contributed by atoms with E-state index in [4.69, 9.17) is 27.9 Å². The number of halogens is 3. The van der Waals surface area contributed by atoms with Gasteiger partial charge in [-0.15, -0.1) is 12.4 Å². The minimum absolute atomic E-state index is 0. The Hall–Kier alpha value is -0.520. The van der Waals surface area contributed by atoms with E-state index in [0.717, 1.165) is 12.1 Å². The number of morpholine rings is 1. The Labute approximate surface area is 141 Å². The summed E-state index contributed by atoms with van der Waals surface area (Å²) in [5.74, 6) is 0.00534. The van der Waals surface area contributed by atoms with E-state index < -0.39 is 6.10 Å². The van der Waals surface area contributed by atoms with Crippen LogP contribution < -0.4 is 5.32 Å². The lowest BCUT2D eigenvalue weighted by Crippen LogP contribution is -2.49. The lowest BCUT2D eigenvalue weighted by Gasteiger charge is -2.29. The molecule has 1 heterocycles. The maximum Gasteiger partial charge on any atom is 0.253 e. The number of carbonyl (C=O) groups is 1. The van der Waals surface area contributed by atoms with E-state index in [2.05, 4.69) is 5.32 Å². The van der Waals surface area contributed by atoms with Gasteiger partial charge in [-0.2, -0.15) is 0 Å². The summed E-state index contributed by atoms with van der Waals surface area (Å²) in [7, 11) is 0. The number of nitrogens with one attached hydrogen (secondary N) is 1. The molecule has 0 radical (unpaired) electrons. The fourth-order valence-electron chi connectivity index (χ4n) is 2.13. The minimum Gasteiger partial charge on any atom is -0.366 e. The van der Waals surface area contributed by atoms with Crippen LogP contribution in [0.2, 0.25) is 10.0 Å². The highest BCUT2D eigenvalue weighted by Crippen LogP contribution is 2.23. The maximum atomic E-state index is 12.4. The Kier molecular flexibility index (Phi) is 7.77. The number of rotatable bonds is 4. The van der Waals surface area contributed by atoms with Crippen LogP contribution in [-0.4, -0.2) is 43.2 Å². The molecule has 0 spiro atoms. The van der Waals surface area contributed by atoms with Crippen molar-refractivity contribution in [2.75, 3.05) is 26.2 Å². The van der Waals surface area contributed by atoms with Gasteiger partial charge in [0.05, 0.1) is 16.7 Å². The Morgan fingerprint density at radius 3 is 2.76 bits per heavy atom. The largest absolute Gasteiger partial charge is 0.366 e. The Bertz CT molecular complexity index is 479. The van der Waals surface area contributed by atoms with Crippen molar-refractivity contribution in [1.82, 2.24) is 10.2 Å². The van der Waals surface area contributed by atoms with Crippen LogP contribution >= 0.6 is 35.6 Å². The van der Waals surface area contributed by atoms with Crippen LogP contribution in [0, 0.1) is 0 Å². The zero-order chi connectivity index (χ0) is 14.5. The van der Waals surface area contributed by atoms with Crippen LogP contribution in [0.1, 0.15) is 12.5 Å². The second-order valence-corrected chi connectivity index (χ2v) is 5.48. The first-order chi connectivity index (χ1) is 9.61. The molecule has 1 fully saturated rings. The van der Waals surface area contributed by atoms with E-state index in [1.807, 2.05) is 13.0 Å². The van der Waals surface area contributed by atoms with Gasteiger partial charge in [-0.1, -0.05) is 29.3 Å². The highest BCUT2D eigenvalue weighted by Gasteiger charge is 2.26. The number of hydrogen-bond acceptors (Lipinski definition) is 3. The van der Waals surface area contributed by atoms with Crippen molar-refractivity contribution < 1.29 is 9.53 Å². The zero-order valence-corrected chi connectivity index (χ0v) is 14.1. The highest BCUT2D eigenvalue weighted by molar-refractivity contribution is 6.42. The summed E-state index contributed by atoms with van der Waals surface area (Å²) in [5, 5.41) is 4.19. The lowest BCUT2D eigenvalue weighted by molar-refractivity contribution is -0.145. The van der Waals surface area contributed by atoms with Crippen LogP contribution in [0.3, 0.4) is 0 Å². The van der Waals surface area contributed by atoms with Crippen LogP contribution in [0.5, 0.6) is 0 Å². The van der Waals surface area contributed by atoms with Gasteiger partial charge in [0.25, 0.3) is 5.91 Å². The van der Waals surface area contributed by atoms with Crippen LogP contribution in [0.4, 0.5) is 0 Å². The Morgan fingerprint density at radius 2 is 2.19 bits per heavy atom. The molecule has 118 valence electrons. The smallest absolute Gasteiger partial charge is 0.253 e. The van der Waals surface area contributed by atoms with Gasteiger partial charge < -0.3 is 15.0 Å². The maximum absolute atomic E-state index is 12.4. The number of likely N-dealkylation sites (N-methyl/N-ethyl adjacent to an activating group) is 1. The molecular formula is C14H19Cl3N2O2. The molecule has 1 aromatic rings. The molecule has 0 saturated carbocycles. The van der Waals surface area contributed by atoms with E-state index in [-0.39, 0.29) is 18.3 Å². The molecule has 1 saturated heterocycles. The van der Waals surface area contributed by atoms with Crippen molar-refractivity contribution in [3.63, 3.8) is 0 Å². The molecule has 2 rings (SSSR count). The minimum atomic E-state index is -0.397. The summed E-state index contributed by atoms with van der Waals surface area (Å²) in [6.07, 6.45) is -0.397. The summed E-state index contributed by atoms with van der Waals surface area (Å²) in [6, 6.07) is 5.42. The molecule has 21 heavy (non-hydrogen) atoms. The van der Waals surface area contributed by atoms with Crippen molar-refractivity contribution >= 4 is 41.5 Å². The van der Waals surface area contributed by atoms with Crippen LogP contribution in [0.15, 0.2) is 18.2 Å². The van der Waals surface area contributed by atoms with Crippen molar-refractivity contribution in [3.05, 3.63) is 33.8 Å². The van der Waals surface area contributed by atoms with E-state index in [9.17, 15) is 4.79 Å². The number of benzene rings is 1. The van der Waals surface area contributed by atoms with Crippen molar-refractivity contribution in [3.8, 4) is 0 Å². The van der Waals surface area contributed by atoms with Gasteiger partial charge in [0.1, 0.15) is 6.10 Å². The number of hydrogen-bond donors (Lipinski definition) is 1. The standard InChI is InChI=1S/C14H18Cl2N2O2.ClH/c1-2-18(14(19)13-8-17-5-6-20-13)9-10-3-4-11(15)12(16)7-10;/h3-4,7,13,17H,2,5-6,8-9H2,1H3;1H. The molecule has 1 aliphatic rings. The molecule has 1 aromatic carbocycles.